The van der Waals surface area contributed by atoms with Crippen LogP contribution in [0.25, 0.3) is 0 Å². The van der Waals surface area contributed by atoms with Crippen LogP contribution in [0.15, 0.2) is 22.8 Å². The van der Waals surface area contributed by atoms with E-state index in [1.807, 2.05) is 12.1 Å². The number of hydrogen-bond acceptors (Lipinski definition) is 2. The highest BCUT2D eigenvalue weighted by atomic mass is 79.9. The molecule has 3 nitrogen and oxygen atoms in total. The number of nitrogens with one attached hydrogen (secondary N) is 1. The highest BCUT2D eigenvalue weighted by Gasteiger charge is 2.39. The second-order valence-corrected chi connectivity index (χ2v) is 6.20. The standard InChI is InChI=1S/C13H17BrN2O/c1-13(2)6-3-4-10(13)12(17)16-11-8-9(14)5-7-15-11/h5,7-8,10H,3-4,6H2,1-2H3,(H,15,16,17). The highest BCUT2D eigenvalue weighted by molar-refractivity contribution is 9.10. The summed E-state index contributed by atoms with van der Waals surface area (Å²) in [5, 5.41) is 2.90. The van der Waals surface area contributed by atoms with Crippen LogP contribution in [0.1, 0.15) is 33.1 Å². The summed E-state index contributed by atoms with van der Waals surface area (Å²) in [5.74, 6) is 0.813. The van der Waals surface area contributed by atoms with Gasteiger partial charge in [0, 0.05) is 16.6 Å². The van der Waals surface area contributed by atoms with Gasteiger partial charge in [-0.1, -0.05) is 36.2 Å². The molecule has 1 N–H and O–H groups in total. The first-order valence-corrected chi connectivity index (χ1v) is 6.71. The number of halogens is 1. The Hall–Kier alpha value is -0.900. The lowest BCUT2D eigenvalue weighted by Crippen LogP contribution is -2.31. The summed E-state index contributed by atoms with van der Waals surface area (Å²) in [5.41, 5.74) is 0.107. The second kappa shape index (κ2) is 4.77. The largest absolute Gasteiger partial charge is 0.310 e. The maximum atomic E-state index is 12.2. The van der Waals surface area contributed by atoms with E-state index in [0.29, 0.717) is 5.82 Å². The van der Waals surface area contributed by atoms with E-state index in [0.717, 1.165) is 23.7 Å². The lowest BCUT2D eigenvalue weighted by molar-refractivity contribution is -0.122. The molecule has 1 heterocycles. The first kappa shape index (κ1) is 12.6. The molecular weight excluding hydrogens is 280 g/mol. The first-order chi connectivity index (χ1) is 7.99. The molecule has 2 rings (SSSR count). The van der Waals surface area contributed by atoms with Crippen LogP contribution in [-0.4, -0.2) is 10.9 Å². The molecule has 1 aromatic heterocycles. The number of carbonyl (C=O) groups excluding carboxylic acids is 1. The third-order valence-corrected chi connectivity index (χ3v) is 4.04. The number of anilines is 1. The quantitative estimate of drug-likeness (QED) is 0.906. The molecule has 1 aliphatic carbocycles. The fourth-order valence-corrected chi connectivity index (χ4v) is 2.83. The molecule has 1 atom stereocenters. The molecule has 1 aliphatic rings. The van der Waals surface area contributed by atoms with E-state index in [2.05, 4.69) is 40.1 Å². The van der Waals surface area contributed by atoms with E-state index in [1.165, 1.54) is 0 Å². The Kier molecular flexibility index (Phi) is 3.52. The van der Waals surface area contributed by atoms with Gasteiger partial charge in [-0.05, 0) is 30.4 Å². The summed E-state index contributed by atoms with van der Waals surface area (Å²) in [7, 11) is 0. The van der Waals surface area contributed by atoms with Crippen molar-refractivity contribution in [2.45, 2.75) is 33.1 Å². The minimum Gasteiger partial charge on any atom is -0.310 e. The second-order valence-electron chi connectivity index (χ2n) is 5.28. The predicted octanol–water partition coefficient (Wildman–Crippen LogP) is 3.61. The molecular formula is C13H17BrN2O. The van der Waals surface area contributed by atoms with E-state index >= 15 is 0 Å². The van der Waals surface area contributed by atoms with E-state index in [-0.39, 0.29) is 17.2 Å². The lowest BCUT2D eigenvalue weighted by Gasteiger charge is -2.25. The summed E-state index contributed by atoms with van der Waals surface area (Å²) in [4.78, 5) is 16.3. The van der Waals surface area contributed by atoms with Gasteiger partial charge in [-0.3, -0.25) is 4.79 Å². The summed E-state index contributed by atoms with van der Waals surface area (Å²) in [6.07, 6.45) is 4.92. The Balaban J connectivity index is 2.07. The Morgan fingerprint density at radius 2 is 2.35 bits per heavy atom. The summed E-state index contributed by atoms with van der Waals surface area (Å²) >= 11 is 3.37. The van der Waals surface area contributed by atoms with E-state index in [9.17, 15) is 4.79 Å². The van der Waals surface area contributed by atoms with Crippen LogP contribution < -0.4 is 5.32 Å². The van der Waals surface area contributed by atoms with Crippen LogP contribution in [0.3, 0.4) is 0 Å². The zero-order valence-corrected chi connectivity index (χ0v) is 11.8. The van der Waals surface area contributed by atoms with Gasteiger partial charge in [-0.15, -0.1) is 0 Å². The predicted molar refractivity (Wildman–Crippen MR) is 71.7 cm³/mol. The van der Waals surface area contributed by atoms with Crippen LogP contribution in [0.5, 0.6) is 0 Å². The number of pyridine rings is 1. The molecule has 4 heteroatoms. The molecule has 0 saturated heterocycles. The number of nitrogens with zero attached hydrogens (tertiary/aromatic N) is 1. The highest BCUT2D eigenvalue weighted by Crippen LogP contribution is 2.42. The van der Waals surface area contributed by atoms with Gasteiger partial charge in [0.15, 0.2) is 0 Å². The first-order valence-electron chi connectivity index (χ1n) is 5.91. The lowest BCUT2D eigenvalue weighted by atomic mass is 9.81. The van der Waals surface area contributed by atoms with Gasteiger partial charge in [0.05, 0.1) is 0 Å². The fraction of sp³-hybridized carbons (Fsp3) is 0.538. The van der Waals surface area contributed by atoms with Crippen LogP contribution in [-0.2, 0) is 4.79 Å². The van der Waals surface area contributed by atoms with Crippen molar-refractivity contribution in [2.24, 2.45) is 11.3 Å². The maximum Gasteiger partial charge on any atom is 0.229 e. The van der Waals surface area contributed by atoms with Crippen molar-refractivity contribution in [1.29, 1.82) is 0 Å². The number of carbonyl (C=O) groups is 1. The molecule has 1 aromatic rings. The van der Waals surface area contributed by atoms with Crippen molar-refractivity contribution in [3.8, 4) is 0 Å². The molecule has 17 heavy (non-hydrogen) atoms. The molecule has 92 valence electrons. The van der Waals surface area contributed by atoms with E-state index in [1.54, 1.807) is 6.20 Å². The van der Waals surface area contributed by atoms with Gasteiger partial charge in [-0.25, -0.2) is 4.98 Å². The van der Waals surface area contributed by atoms with Gasteiger partial charge < -0.3 is 5.32 Å². The third kappa shape index (κ3) is 2.86. The summed E-state index contributed by atoms with van der Waals surface area (Å²) < 4.78 is 0.925. The fourth-order valence-electron chi connectivity index (χ4n) is 2.50. The Morgan fingerprint density at radius 1 is 1.59 bits per heavy atom. The number of aromatic nitrogens is 1. The van der Waals surface area contributed by atoms with Crippen molar-refractivity contribution in [1.82, 2.24) is 4.98 Å². The average Bonchev–Trinajstić information content (AvgIpc) is 2.58. The van der Waals surface area contributed by atoms with Crippen molar-refractivity contribution in [2.75, 3.05) is 5.32 Å². The topological polar surface area (TPSA) is 42.0 Å². The maximum absolute atomic E-state index is 12.2. The molecule has 1 amide bonds. The molecule has 0 spiro atoms. The monoisotopic (exact) mass is 296 g/mol. The van der Waals surface area contributed by atoms with Gasteiger partial charge in [0.2, 0.25) is 5.91 Å². The minimum atomic E-state index is 0.0955. The van der Waals surface area contributed by atoms with Crippen LogP contribution in [0, 0.1) is 11.3 Å². The molecule has 1 saturated carbocycles. The van der Waals surface area contributed by atoms with Crippen molar-refractivity contribution in [3.63, 3.8) is 0 Å². The number of amides is 1. The van der Waals surface area contributed by atoms with Crippen molar-refractivity contribution < 1.29 is 4.79 Å². The van der Waals surface area contributed by atoms with E-state index < -0.39 is 0 Å². The Morgan fingerprint density at radius 3 is 2.94 bits per heavy atom. The van der Waals surface area contributed by atoms with Gasteiger partial charge in [0.1, 0.15) is 5.82 Å². The molecule has 1 unspecified atom stereocenters. The SMILES string of the molecule is CC1(C)CCCC1C(=O)Nc1cc(Br)ccn1. The van der Waals surface area contributed by atoms with Gasteiger partial charge >= 0.3 is 0 Å². The number of rotatable bonds is 2. The number of hydrogen-bond donors (Lipinski definition) is 1. The molecule has 1 fully saturated rings. The van der Waals surface area contributed by atoms with Gasteiger partial charge in [0.25, 0.3) is 0 Å². The van der Waals surface area contributed by atoms with Crippen molar-refractivity contribution >= 4 is 27.7 Å². The zero-order valence-electron chi connectivity index (χ0n) is 10.2. The minimum absolute atomic E-state index is 0.0955. The molecule has 0 radical (unpaired) electrons. The zero-order chi connectivity index (χ0) is 12.5. The van der Waals surface area contributed by atoms with Crippen molar-refractivity contribution in [3.05, 3.63) is 22.8 Å². The molecule has 0 aliphatic heterocycles. The van der Waals surface area contributed by atoms with Crippen LogP contribution in [0.2, 0.25) is 0 Å². The summed E-state index contributed by atoms with van der Waals surface area (Å²) in [6, 6.07) is 3.66. The summed E-state index contributed by atoms with van der Waals surface area (Å²) in [6.45, 7) is 4.33. The van der Waals surface area contributed by atoms with Crippen LogP contribution in [0.4, 0.5) is 5.82 Å². The molecule has 0 aromatic carbocycles. The van der Waals surface area contributed by atoms with E-state index in [4.69, 9.17) is 0 Å². The van der Waals surface area contributed by atoms with Crippen LogP contribution >= 0.6 is 15.9 Å². The average molecular weight is 297 g/mol. The third-order valence-electron chi connectivity index (χ3n) is 3.55. The normalized spacial score (nSPS) is 22.4. The Bertz CT molecular complexity index is 431. The Labute approximate surface area is 110 Å². The molecule has 0 bridgehead atoms. The smallest absolute Gasteiger partial charge is 0.229 e. The van der Waals surface area contributed by atoms with Gasteiger partial charge in [-0.2, -0.15) is 0 Å².